The van der Waals surface area contributed by atoms with E-state index in [0.717, 1.165) is 49.2 Å². The van der Waals surface area contributed by atoms with Crippen LogP contribution in [0.4, 0.5) is 24.9 Å². The number of fused-ring (bicyclic) bond motifs is 3. The Balaban J connectivity index is 1.13. The van der Waals surface area contributed by atoms with Crippen LogP contribution in [0, 0.1) is 11.2 Å². The van der Waals surface area contributed by atoms with Gasteiger partial charge in [0.25, 0.3) is 5.92 Å². The van der Waals surface area contributed by atoms with Gasteiger partial charge in [-0.25, -0.2) is 18.2 Å². The molecule has 7 rings (SSSR count). The molecule has 200 valence electrons. The Bertz CT molecular complexity index is 1420. The average molecular weight is 546 g/mol. The first-order chi connectivity index (χ1) is 18.1. The lowest BCUT2D eigenvalue weighted by Gasteiger charge is -2.60. The monoisotopic (exact) mass is 545 g/mol. The van der Waals surface area contributed by atoms with Gasteiger partial charge in [-0.1, -0.05) is 11.6 Å². The van der Waals surface area contributed by atoms with Gasteiger partial charge in [0.2, 0.25) is 5.95 Å². The fraction of sp³-hybridized carbons (Fsp3) is 0.500. The number of hydrogen-bond donors (Lipinski definition) is 0. The normalized spacial score (nSPS) is 22.6. The Morgan fingerprint density at radius 3 is 2.45 bits per heavy atom. The van der Waals surface area contributed by atoms with Crippen molar-refractivity contribution in [2.45, 2.75) is 44.3 Å². The summed E-state index contributed by atoms with van der Waals surface area (Å²) in [7, 11) is 1.44. The molecule has 1 spiro atoms. The fourth-order valence-electron chi connectivity index (χ4n) is 6.63. The van der Waals surface area contributed by atoms with Crippen LogP contribution in [0.25, 0.3) is 5.69 Å². The largest absolute Gasteiger partial charge is 0.493 e. The van der Waals surface area contributed by atoms with E-state index in [-0.39, 0.29) is 24.0 Å². The van der Waals surface area contributed by atoms with E-state index in [1.165, 1.54) is 13.3 Å². The quantitative estimate of drug-likeness (QED) is 0.484. The first-order valence-corrected chi connectivity index (χ1v) is 13.0. The second-order valence-electron chi connectivity index (χ2n) is 11.5. The van der Waals surface area contributed by atoms with Gasteiger partial charge in [-0.2, -0.15) is 0 Å². The summed E-state index contributed by atoms with van der Waals surface area (Å²) in [6.45, 7) is 6.05. The third-order valence-electron chi connectivity index (χ3n) is 8.47. The van der Waals surface area contributed by atoms with Crippen LogP contribution >= 0.6 is 11.6 Å². The summed E-state index contributed by atoms with van der Waals surface area (Å²) >= 11 is 6.35. The minimum absolute atomic E-state index is 0.0975. The molecule has 1 aromatic carbocycles. The summed E-state index contributed by atoms with van der Waals surface area (Å²) in [5, 5.41) is 9.68. The zero-order valence-electron chi connectivity index (χ0n) is 21.1. The van der Waals surface area contributed by atoms with Crippen LogP contribution in [0.15, 0.2) is 30.5 Å². The van der Waals surface area contributed by atoms with E-state index in [9.17, 15) is 13.2 Å². The van der Waals surface area contributed by atoms with Crippen LogP contribution in [-0.2, 0) is 13.1 Å². The lowest BCUT2D eigenvalue weighted by Crippen LogP contribution is -2.73. The number of methoxy groups -OCH3 is 1. The Labute approximate surface area is 223 Å². The molecule has 5 heterocycles. The van der Waals surface area contributed by atoms with E-state index in [1.54, 1.807) is 6.07 Å². The number of alkyl halides is 2. The molecule has 0 radical (unpaired) electrons. The van der Waals surface area contributed by atoms with E-state index in [2.05, 4.69) is 34.4 Å². The third-order valence-corrected chi connectivity index (χ3v) is 8.70. The molecule has 3 aliphatic heterocycles. The molecule has 8 nitrogen and oxygen atoms in total. The maximum absolute atomic E-state index is 13.9. The van der Waals surface area contributed by atoms with Gasteiger partial charge in [0.15, 0.2) is 17.4 Å². The molecule has 2 aromatic heterocycles. The van der Waals surface area contributed by atoms with Gasteiger partial charge in [-0.15, -0.1) is 10.2 Å². The molecule has 0 atom stereocenters. The SMILES string of the molecule is COc1cc(N2CC3(C2)CN(c2nnc4n2-c2ccc(Cl)cc2CN(C2(C)CC(F)(F)C2)C4)C3)ncc1F. The molecule has 2 saturated heterocycles. The number of benzene rings is 1. The number of halogens is 4. The molecule has 12 heteroatoms. The van der Waals surface area contributed by atoms with E-state index >= 15 is 0 Å². The molecule has 0 N–H and O–H groups in total. The maximum Gasteiger partial charge on any atom is 0.251 e. The van der Waals surface area contributed by atoms with Crippen molar-refractivity contribution in [3.8, 4) is 11.4 Å². The van der Waals surface area contributed by atoms with Gasteiger partial charge in [0.05, 0.1) is 25.5 Å². The number of rotatable bonds is 4. The van der Waals surface area contributed by atoms with Crippen LogP contribution in [-0.4, -0.2) is 69.4 Å². The van der Waals surface area contributed by atoms with Gasteiger partial charge < -0.3 is 14.5 Å². The Morgan fingerprint density at radius 1 is 1.00 bits per heavy atom. The summed E-state index contributed by atoms with van der Waals surface area (Å²) in [5.74, 6) is -0.742. The highest BCUT2D eigenvalue weighted by Crippen LogP contribution is 2.51. The van der Waals surface area contributed by atoms with Gasteiger partial charge in [-0.05, 0) is 30.7 Å². The molecular formula is C26H27ClF3N7O. The molecule has 0 amide bonds. The minimum Gasteiger partial charge on any atom is -0.493 e. The van der Waals surface area contributed by atoms with Gasteiger partial charge >= 0.3 is 0 Å². The van der Waals surface area contributed by atoms with Crippen molar-refractivity contribution < 1.29 is 17.9 Å². The van der Waals surface area contributed by atoms with E-state index in [4.69, 9.17) is 16.3 Å². The summed E-state index contributed by atoms with van der Waals surface area (Å²) in [6.07, 6.45) is 0.851. The number of pyridine rings is 1. The van der Waals surface area contributed by atoms with E-state index < -0.39 is 17.3 Å². The molecule has 0 bridgehead atoms. The topological polar surface area (TPSA) is 62.6 Å². The summed E-state index contributed by atoms with van der Waals surface area (Å²) in [4.78, 5) is 10.6. The van der Waals surface area contributed by atoms with Crippen molar-refractivity contribution in [2.24, 2.45) is 5.41 Å². The zero-order valence-corrected chi connectivity index (χ0v) is 21.9. The van der Waals surface area contributed by atoms with E-state index in [0.29, 0.717) is 23.9 Å². The average Bonchev–Trinajstić information content (AvgIpc) is 3.11. The lowest BCUT2D eigenvalue weighted by atomic mass is 9.73. The standard InChI is InChI=1S/C26H27ClF3N7O/c1-24(10-26(29,30)11-24)36-8-16-5-17(27)3-4-19(16)37-22(9-36)32-33-23(37)35-14-25(15-35)12-34(13-25)21-6-20(38-2)18(28)7-31-21/h3-7H,8-15H2,1-2H3. The van der Waals surface area contributed by atoms with Gasteiger partial charge in [0, 0.05) is 67.6 Å². The molecule has 3 fully saturated rings. The highest BCUT2D eigenvalue weighted by atomic mass is 35.5. The first kappa shape index (κ1) is 24.0. The fourth-order valence-corrected chi connectivity index (χ4v) is 6.82. The van der Waals surface area contributed by atoms with Crippen molar-refractivity contribution in [3.63, 3.8) is 0 Å². The van der Waals surface area contributed by atoms with Crippen molar-refractivity contribution >= 4 is 23.4 Å². The number of nitrogens with zero attached hydrogens (tertiary/aromatic N) is 7. The number of ether oxygens (including phenoxy) is 1. The predicted octanol–water partition coefficient (Wildman–Crippen LogP) is 4.29. The van der Waals surface area contributed by atoms with Crippen LogP contribution in [0.2, 0.25) is 5.02 Å². The molecule has 1 saturated carbocycles. The Hall–Kier alpha value is -3.05. The molecule has 1 aliphatic carbocycles. The van der Waals surface area contributed by atoms with Crippen LogP contribution in [0.5, 0.6) is 5.75 Å². The van der Waals surface area contributed by atoms with Gasteiger partial charge in [0.1, 0.15) is 5.82 Å². The minimum atomic E-state index is -2.63. The second-order valence-corrected chi connectivity index (χ2v) is 11.9. The summed E-state index contributed by atoms with van der Waals surface area (Å²) in [5.41, 5.74) is 1.38. The van der Waals surface area contributed by atoms with Crippen LogP contribution in [0.3, 0.4) is 0 Å². The summed E-state index contributed by atoms with van der Waals surface area (Å²) < 4.78 is 48.7. The number of hydrogen-bond acceptors (Lipinski definition) is 7. The molecule has 3 aromatic rings. The highest BCUT2D eigenvalue weighted by molar-refractivity contribution is 6.30. The number of anilines is 2. The Morgan fingerprint density at radius 2 is 1.74 bits per heavy atom. The number of aromatic nitrogens is 4. The third kappa shape index (κ3) is 3.65. The highest BCUT2D eigenvalue weighted by Gasteiger charge is 2.57. The molecular weight excluding hydrogens is 519 g/mol. The van der Waals surface area contributed by atoms with E-state index in [1.807, 2.05) is 25.1 Å². The van der Waals surface area contributed by atoms with Gasteiger partial charge in [-0.3, -0.25) is 9.47 Å². The predicted molar refractivity (Wildman–Crippen MR) is 136 cm³/mol. The summed E-state index contributed by atoms with van der Waals surface area (Å²) in [6, 6.07) is 7.34. The lowest BCUT2D eigenvalue weighted by molar-refractivity contribution is -0.173. The Kier molecular flexibility index (Phi) is 5.05. The molecule has 38 heavy (non-hydrogen) atoms. The van der Waals surface area contributed by atoms with Crippen molar-refractivity contribution in [1.29, 1.82) is 0 Å². The zero-order chi connectivity index (χ0) is 26.4. The molecule has 4 aliphatic rings. The molecule has 0 unspecified atom stereocenters. The van der Waals surface area contributed by atoms with Crippen molar-refractivity contribution in [1.82, 2.24) is 24.6 Å². The van der Waals surface area contributed by atoms with Crippen molar-refractivity contribution in [3.05, 3.63) is 52.7 Å². The smallest absolute Gasteiger partial charge is 0.251 e. The maximum atomic E-state index is 13.9. The van der Waals surface area contributed by atoms with Crippen LogP contribution in [0.1, 0.15) is 31.2 Å². The first-order valence-electron chi connectivity index (χ1n) is 12.6. The van der Waals surface area contributed by atoms with Crippen LogP contribution < -0.4 is 14.5 Å². The second kappa shape index (κ2) is 7.98. The van der Waals surface area contributed by atoms with Crippen molar-refractivity contribution in [2.75, 3.05) is 43.1 Å².